The molecule has 0 radical (unpaired) electrons. The molecular weight excluding hydrogens is 252 g/mol. The normalized spacial score (nSPS) is 10.9. The van der Waals surface area contributed by atoms with Crippen LogP contribution in [0.5, 0.6) is 0 Å². The Labute approximate surface area is 108 Å². The van der Waals surface area contributed by atoms with Crippen molar-refractivity contribution in [2.45, 2.75) is 26.7 Å². The van der Waals surface area contributed by atoms with Crippen LogP contribution in [-0.2, 0) is 12.8 Å². The van der Waals surface area contributed by atoms with Crippen molar-refractivity contribution in [3.63, 3.8) is 0 Å². The van der Waals surface area contributed by atoms with Gasteiger partial charge in [-0.25, -0.2) is 18.6 Å². The number of fused-ring (bicyclic) bond motifs is 1. The molecule has 19 heavy (non-hydrogen) atoms. The van der Waals surface area contributed by atoms with Crippen molar-refractivity contribution in [2.24, 2.45) is 0 Å². The van der Waals surface area contributed by atoms with Gasteiger partial charge in [0, 0.05) is 5.39 Å². The smallest absolute Gasteiger partial charge is 0.337 e. The summed E-state index contributed by atoms with van der Waals surface area (Å²) in [5, 5.41) is 9.64. The van der Waals surface area contributed by atoms with E-state index in [2.05, 4.69) is 4.98 Å². The molecule has 1 aromatic heterocycles. The number of pyridine rings is 1. The number of aromatic nitrogens is 1. The summed E-state index contributed by atoms with van der Waals surface area (Å²) in [5.74, 6) is -3.10. The summed E-state index contributed by atoms with van der Waals surface area (Å²) in [6, 6.07) is 2.38. The first-order chi connectivity index (χ1) is 9.01. The topological polar surface area (TPSA) is 50.2 Å². The minimum atomic E-state index is -1.09. The number of halogens is 2. The molecule has 0 saturated carbocycles. The molecule has 2 aromatic rings. The number of benzene rings is 1. The van der Waals surface area contributed by atoms with Crippen molar-refractivity contribution < 1.29 is 18.7 Å². The predicted octanol–water partition coefficient (Wildman–Crippen LogP) is 3.34. The highest BCUT2D eigenvalue weighted by molar-refractivity contribution is 5.97. The van der Waals surface area contributed by atoms with Gasteiger partial charge in [0.15, 0.2) is 11.6 Å². The molecule has 0 spiro atoms. The predicted molar refractivity (Wildman–Crippen MR) is 67.4 cm³/mol. The Balaban J connectivity index is 2.98. The highest BCUT2D eigenvalue weighted by Crippen LogP contribution is 2.27. The first kappa shape index (κ1) is 13.4. The number of aromatic carboxylic acids is 1. The Bertz CT molecular complexity index is 668. The number of nitrogens with zero attached hydrogens (tertiary/aromatic N) is 1. The van der Waals surface area contributed by atoms with E-state index in [0.29, 0.717) is 23.8 Å². The Morgan fingerprint density at radius 2 is 1.95 bits per heavy atom. The van der Waals surface area contributed by atoms with E-state index in [9.17, 15) is 18.7 Å². The quantitative estimate of drug-likeness (QED) is 0.926. The van der Waals surface area contributed by atoms with Crippen LogP contribution in [0.4, 0.5) is 8.78 Å². The fourth-order valence-corrected chi connectivity index (χ4v) is 2.27. The summed E-state index contributed by atoms with van der Waals surface area (Å²) in [7, 11) is 0. The van der Waals surface area contributed by atoms with Gasteiger partial charge in [0.1, 0.15) is 5.52 Å². The summed E-state index contributed by atoms with van der Waals surface area (Å²) >= 11 is 0. The standard InChI is InChI=1S/C14H13F2NO2/c1-3-7-8-5-6-9(15)12(16)13(8)17-10(4-2)11(7)14(18)19/h5-6H,3-4H2,1-2H3,(H,18,19). The van der Waals surface area contributed by atoms with Gasteiger partial charge in [-0.05, 0) is 30.5 Å². The molecule has 0 amide bonds. The molecule has 0 bridgehead atoms. The lowest BCUT2D eigenvalue weighted by Crippen LogP contribution is -2.10. The molecule has 5 heteroatoms. The molecule has 1 aromatic carbocycles. The monoisotopic (exact) mass is 265 g/mol. The number of carboxylic acids is 1. The maximum Gasteiger partial charge on any atom is 0.337 e. The molecule has 100 valence electrons. The van der Waals surface area contributed by atoms with Crippen LogP contribution in [0.15, 0.2) is 12.1 Å². The molecule has 0 atom stereocenters. The van der Waals surface area contributed by atoms with Crippen LogP contribution in [0.25, 0.3) is 10.9 Å². The summed E-state index contributed by atoms with van der Waals surface area (Å²) in [4.78, 5) is 15.3. The zero-order valence-corrected chi connectivity index (χ0v) is 10.6. The first-order valence-electron chi connectivity index (χ1n) is 6.03. The average molecular weight is 265 g/mol. The lowest BCUT2D eigenvalue weighted by molar-refractivity contribution is 0.0694. The second kappa shape index (κ2) is 4.91. The van der Waals surface area contributed by atoms with Crippen LogP contribution in [-0.4, -0.2) is 16.1 Å². The minimum Gasteiger partial charge on any atom is -0.478 e. The van der Waals surface area contributed by atoms with E-state index in [0.717, 1.165) is 6.07 Å². The van der Waals surface area contributed by atoms with E-state index >= 15 is 0 Å². The third-order valence-corrected chi connectivity index (χ3v) is 3.13. The Morgan fingerprint density at radius 1 is 1.26 bits per heavy atom. The molecule has 2 rings (SSSR count). The van der Waals surface area contributed by atoms with Gasteiger partial charge in [0.25, 0.3) is 0 Å². The van der Waals surface area contributed by atoms with Crippen LogP contribution in [0.3, 0.4) is 0 Å². The van der Waals surface area contributed by atoms with Gasteiger partial charge in [-0.15, -0.1) is 0 Å². The van der Waals surface area contributed by atoms with Crippen LogP contribution in [0.1, 0.15) is 35.5 Å². The van der Waals surface area contributed by atoms with Crippen molar-refractivity contribution in [1.82, 2.24) is 4.98 Å². The third-order valence-electron chi connectivity index (χ3n) is 3.13. The Hall–Kier alpha value is -2.04. The summed E-state index contributed by atoms with van der Waals surface area (Å²) in [6.45, 7) is 3.51. The Morgan fingerprint density at radius 3 is 2.47 bits per heavy atom. The summed E-state index contributed by atoms with van der Waals surface area (Å²) in [5.41, 5.74) is 0.775. The first-order valence-corrected chi connectivity index (χ1v) is 6.03. The van der Waals surface area contributed by atoms with Crippen molar-refractivity contribution in [3.05, 3.63) is 40.6 Å². The average Bonchev–Trinajstić information content (AvgIpc) is 2.40. The molecule has 0 saturated heterocycles. The van der Waals surface area contributed by atoms with E-state index < -0.39 is 17.6 Å². The van der Waals surface area contributed by atoms with Crippen LogP contribution in [0.2, 0.25) is 0 Å². The summed E-state index contributed by atoms with van der Waals surface area (Å²) in [6.07, 6.45) is 0.763. The molecular formula is C14H13F2NO2. The molecule has 0 aliphatic carbocycles. The third kappa shape index (κ3) is 2.05. The lowest BCUT2D eigenvalue weighted by Gasteiger charge is -2.13. The van der Waals surface area contributed by atoms with Crippen LogP contribution >= 0.6 is 0 Å². The SMILES string of the molecule is CCc1nc2c(F)c(F)ccc2c(CC)c1C(=O)O. The highest BCUT2D eigenvalue weighted by Gasteiger charge is 2.21. The van der Waals surface area contributed by atoms with Gasteiger partial charge in [0.05, 0.1) is 11.3 Å². The van der Waals surface area contributed by atoms with Crippen molar-refractivity contribution in [3.8, 4) is 0 Å². The number of hydrogen-bond donors (Lipinski definition) is 1. The second-order valence-electron chi connectivity index (χ2n) is 4.18. The number of carboxylic acid groups (broad SMARTS) is 1. The highest BCUT2D eigenvalue weighted by atomic mass is 19.2. The fourth-order valence-electron chi connectivity index (χ4n) is 2.27. The Kier molecular flexibility index (Phi) is 3.46. The molecule has 0 aliphatic heterocycles. The molecule has 0 unspecified atom stereocenters. The zero-order valence-electron chi connectivity index (χ0n) is 10.6. The van der Waals surface area contributed by atoms with Gasteiger partial charge < -0.3 is 5.11 Å². The number of carbonyl (C=O) groups is 1. The van der Waals surface area contributed by atoms with Gasteiger partial charge >= 0.3 is 5.97 Å². The van der Waals surface area contributed by atoms with Crippen molar-refractivity contribution in [1.29, 1.82) is 0 Å². The maximum absolute atomic E-state index is 13.8. The fraction of sp³-hybridized carbons (Fsp3) is 0.286. The second-order valence-corrected chi connectivity index (χ2v) is 4.18. The van der Waals surface area contributed by atoms with Gasteiger partial charge in [-0.1, -0.05) is 13.8 Å². The number of aryl methyl sites for hydroxylation is 2. The molecule has 0 fully saturated rings. The molecule has 0 aliphatic rings. The minimum absolute atomic E-state index is 0.0984. The lowest BCUT2D eigenvalue weighted by atomic mass is 9.97. The van der Waals surface area contributed by atoms with Crippen LogP contribution in [0, 0.1) is 11.6 Å². The van der Waals surface area contributed by atoms with Crippen LogP contribution < -0.4 is 0 Å². The number of rotatable bonds is 3. The van der Waals surface area contributed by atoms with E-state index in [4.69, 9.17) is 0 Å². The van der Waals surface area contributed by atoms with E-state index in [1.807, 2.05) is 0 Å². The van der Waals surface area contributed by atoms with E-state index in [1.54, 1.807) is 13.8 Å². The molecule has 1 N–H and O–H groups in total. The van der Waals surface area contributed by atoms with E-state index in [1.165, 1.54) is 6.07 Å². The van der Waals surface area contributed by atoms with Crippen molar-refractivity contribution in [2.75, 3.05) is 0 Å². The molecule has 3 nitrogen and oxygen atoms in total. The molecule has 1 heterocycles. The number of hydrogen-bond acceptors (Lipinski definition) is 2. The van der Waals surface area contributed by atoms with Gasteiger partial charge in [-0.3, -0.25) is 0 Å². The van der Waals surface area contributed by atoms with E-state index in [-0.39, 0.29) is 16.8 Å². The largest absolute Gasteiger partial charge is 0.478 e. The van der Waals surface area contributed by atoms with Gasteiger partial charge in [-0.2, -0.15) is 0 Å². The van der Waals surface area contributed by atoms with Crippen molar-refractivity contribution >= 4 is 16.9 Å². The van der Waals surface area contributed by atoms with Gasteiger partial charge in [0.2, 0.25) is 0 Å². The maximum atomic E-state index is 13.8. The summed E-state index contributed by atoms with van der Waals surface area (Å²) < 4.78 is 27.0. The zero-order chi connectivity index (χ0) is 14.2.